The Hall–Kier alpha value is -4.21. The number of H-pyrrole nitrogens is 1. The molecule has 0 fully saturated rings. The molecule has 0 saturated heterocycles. The van der Waals surface area contributed by atoms with E-state index in [1.807, 2.05) is 36.4 Å². The third-order valence-electron chi connectivity index (χ3n) is 4.90. The normalized spacial score (nSPS) is 11.2. The second-order valence-corrected chi connectivity index (χ2v) is 7.22. The molecule has 10 heteroatoms. The van der Waals surface area contributed by atoms with Crippen LogP contribution in [0.3, 0.4) is 0 Å². The van der Waals surface area contributed by atoms with Crippen molar-refractivity contribution >= 4 is 5.69 Å². The van der Waals surface area contributed by atoms with Gasteiger partial charge in [0.2, 0.25) is 0 Å². The summed E-state index contributed by atoms with van der Waals surface area (Å²) in [7, 11) is 3.18. The molecule has 0 amide bonds. The van der Waals surface area contributed by atoms with Crippen LogP contribution in [0.5, 0.6) is 17.2 Å². The van der Waals surface area contributed by atoms with Crippen LogP contribution in [0.1, 0.15) is 5.56 Å². The average molecular weight is 470 g/mol. The van der Waals surface area contributed by atoms with Crippen LogP contribution in [0.25, 0.3) is 22.8 Å². The number of halogens is 3. The second-order valence-electron chi connectivity index (χ2n) is 7.22. The summed E-state index contributed by atoms with van der Waals surface area (Å²) < 4.78 is 52.3. The predicted molar refractivity (Wildman–Crippen MR) is 121 cm³/mol. The van der Waals surface area contributed by atoms with Crippen LogP contribution in [-0.2, 0) is 6.54 Å². The smallest absolute Gasteiger partial charge is 0.497 e. The molecule has 1 aromatic heterocycles. The van der Waals surface area contributed by atoms with Gasteiger partial charge in [0.15, 0.2) is 11.6 Å². The second kappa shape index (κ2) is 9.74. The third kappa shape index (κ3) is 5.58. The molecule has 0 unspecified atom stereocenters. The van der Waals surface area contributed by atoms with Gasteiger partial charge in [-0.05, 0) is 42.0 Å². The molecular weight excluding hydrogens is 449 g/mol. The third-order valence-corrected chi connectivity index (χ3v) is 4.90. The highest BCUT2D eigenvalue weighted by atomic mass is 19.4. The van der Waals surface area contributed by atoms with Crippen LogP contribution >= 0.6 is 0 Å². The van der Waals surface area contributed by atoms with Crippen molar-refractivity contribution in [1.29, 1.82) is 0 Å². The van der Waals surface area contributed by atoms with Crippen LogP contribution in [0.15, 0.2) is 66.7 Å². The van der Waals surface area contributed by atoms with Crippen molar-refractivity contribution < 1.29 is 27.4 Å². The highest BCUT2D eigenvalue weighted by Gasteiger charge is 2.31. The molecule has 0 radical (unpaired) electrons. The van der Waals surface area contributed by atoms with Gasteiger partial charge < -0.3 is 24.5 Å². The molecule has 176 valence electrons. The van der Waals surface area contributed by atoms with Gasteiger partial charge in [0, 0.05) is 29.4 Å². The molecule has 4 aromatic rings. The van der Waals surface area contributed by atoms with E-state index in [2.05, 4.69) is 25.2 Å². The lowest BCUT2D eigenvalue weighted by atomic mass is 10.1. The van der Waals surface area contributed by atoms with Crippen molar-refractivity contribution in [2.24, 2.45) is 0 Å². The number of methoxy groups -OCH3 is 2. The number of benzene rings is 3. The molecule has 34 heavy (non-hydrogen) atoms. The molecule has 0 atom stereocenters. The van der Waals surface area contributed by atoms with Crippen LogP contribution < -0.4 is 19.5 Å². The zero-order valence-corrected chi connectivity index (χ0v) is 18.3. The van der Waals surface area contributed by atoms with Crippen molar-refractivity contribution in [3.63, 3.8) is 0 Å². The van der Waals surface area contributed by atoms with Crippen LogP contribution in [0, 0.1) is 0 Å². The summed E-state index contributed by atoms with van der Waals surface area (Å²) in [5.41, 5.74) is 2.90. The predicted octanol–water partition coefficient (Wildman–Crippen LogP) is 5.67. The molecule has 4 rings (SSSR count). The summed E-state index contributed by atoms with van der Waals surface area (Å²) in [6.45, 7) is 0.488. The molecule has 0 spiro atoms. The maximum Gasteiger partial charge on any atom is 0.573 e. The van der Waals surface area contributed by atoms with Crippen molar-refractivity contribution in [3.05, 3.63) is 72.3 Å². The fraction of sp³-hybridized carbons (Fsp3) is 0.167. The van der Waals surface area contributed by atoms with Crippen LogP contribution in [0.4, 0.5) is 18.9 Å². The molecule has 0 saturated carbocycles. The Bertz CT molecular complexity index is 1250. The molecule has 1 heterocycles. The Balaban J connectivity index is 1.56. The van der Waals surface area contributed by atoms with Gasteiger partial charge in [-0.1, -0.05) is 24.3 Å². The number of nitrogens with zero attached hydrogens (tertiary/aromatic N) is 2. The summed E-state index contributed by atoms with van der Waals surface area (Å²) in [4.78, 5) is 3.07. The van der Waals surface area contributed by atoms with E-state index in [-0.39, 0.29) is 5.75 Å². The Morgan fingerprint density at radius 3 is 2.24 bits per heavy atom. The number of alkyl halides is 3. The Kier molecular flexibility index (Phi) is 6.58. The summed E-state index contributed by atoms with van der Waals surface area (Å²) >= 11 is 0. The number of para-hydroxylation sites is 1. The fourth-order valence-corrected chi connectivity index (χ4v) is 3.36. The molecule has 3 aromatic carbocycles. The van der Waals surface area contributed by atoms with Crippen molar-refractivity contribution in [2.75, 3.05) is 19.5 Å². The highest BCUT2D eigenvalue weighted by Crippen LogP contribution is 2.30. The first-order chi connectivity index (χ1) is 16.3. The van der Waals surface area contributed by atoms with Gasteiger partial charge in [0.1, 0.15) is 17.2 Å². The molecule has 0 aliphatic heterocycles. The van der Waals surface area contributed by atoms with Gasteiger partial charge in [0.05, 0.1) is 14.2 Å². The summed E-state index contributed by atoms with van der Waals surface area (Å²) in [6.07, 6.45) is -4.78. The van der Waals surface area contributed by atoms with E-state index in [1.54, 1.807) is 26.4 Å². The molecular formula is C24H21F3N4O3. The van der Waals surface area contributed by atoms with E-state index in [0.29, 0.717) is 35.3 Å². The van der Waals surface area contributed by atoms with E-state index in [4.69, 9.17) is 9.47 Å². The first-order valence-corrected chi connectivity index (χ1v) is 10.2. The van der Waals surface area contributed by atoms with Crippen molar-refractivity contribution in [2.45, 2.75) is 12.9 Å². The lowest BCUT2D eigenvalue weighted by molar-refractivity contribution is -0.274. The number of hydrogen-bond acceptors (Lipinski definition) is 6. The minimum atomic E-state index is -4.78. The average Bonchev–Trinajstić information content (AvgIpc) is 3.32. The minimum absolute atomic E-state index is 0.315. The van der Waals surface area contributed by atoms with Crippen LogP contribution in [-0.4, -0.2) is 35.8 Å². The SMILES string of the molecule is COc1cc(CNc2ccccc2-c2nnc(-c3cccc(OC(F)(F)F)c3)[nH]2)cc(OC)c1. The minimum Gasteiger partial charge on any atom is -0.497 e. The standard InChI is InChI=1S/C24H21F3N4O3/c1-32-18-10-15(11-19(13-18)33-2)14-28-21-9-4-3-8-20(21)23-29-22(30-31-23)16-6-5-7-17(12-16)34-24(25,26)27/h3-13,28H,14H2,1-2H3,(H,29,30,31). The number of aromatic amines is 1. The zero-order valence-electron chi connectivity index (χ0n) is 18.3. The monoisotopic (exact) mass is 470 g/mol. The Labute approximate surface area is 193 Å². The van der Waals surface area contributed by atoms with Crippen molar-refractivity contribution in [3.8, 4) is 40.0 Å². The van der Waals surface area contributed by atoms with Gasteiger partial charge >= 0.3 is 6.36 Å². The number of nitrogens with one attached hydrogen (secondary N) is 2. The van der Waals surface area contributed by atoms with E-state index >= 15 is 0 Å². The molecule has 0 bridgehead atoms. The van der Waals surface area contributed by atoms with E-state index < -0.39 is 6.36 Å². The van der Waals surface area contributed by atoms with Crippen molar-refractivity contribution in [1.82, 2.24) is 15.2 Å². The first kappa shape index (κ1) is 23.0. The summed E-state index contributed by atoms with van der Waals surface area (Å²) in [6, 6.07) is 18.6. The Morgan fingerprint density at radius 2 is 1.53 bits per heavy atom. The molecule has 0 aliphatic rings. The van der Waals surface area contributed by atoms with Crippen LogP contribution in [0.2, 0.25) is 0 Å². The maximum atomic E-state index is 12.5. The van der Waals surface area contributed by atoms with Gasteiger partial charge in [-0.2, -0.15) is 0 Å². The summed E-state index contributed by atoms with van der Waals surface area (Å²) in [5.74, 6) is 1.80. The first-order valence-electron chi connectivity index (χ1n) is 10.2. The van der Waals surface area contributed by atoms with E-state index in [9.17, 15) is 13.2 Å². The van der Waals surface area contributed by atoms with Gasteiger partial charge in [-0.25, -0.2) is 0 Å². The molecule has 7 nitrogen and oxygen atoms in total. The van der Waals surface area contributed by atoms with Gasteiger partial charge in [-0.3, -0.25) is 0 Å². The summed E-state index contributed by atoms with van der Waals surface area (Å²) in [5, 5.41) is 11.7. The largest absolute Gasteiger partial charge is 0.573 e. The van der Waals surface area contributed by atoms with Gasteiger partial charge in [-0.15, -0.1) is 23.4 Å². The van der Waals surface area contributed by atoms with Gasteiger partial charge in [0.25, 0.3) is 0 Å². The number of rotatable bonds is 8. The van der Waals surface area contributed by atoms with E-state index in [1.165, 1.54) is 18.2 Å². The molecule has 0 aliphatic carbocycles. The maximum absolute atomic E-state index is 12.5. The quantitative estimate of drug-likeness (QED) is 0.346. The highest BCUT2D eigenvalue weighted by molar-refractivity contribution is 5.74. The number of anilines is 1. The number of hydrogen-bond donors (Lipinski definition) is 2. The number of aromatic nitrogens is 3. The lowest BCUT2D eigenvalue weighted by Gasteiger charge is -2.12. The molecule has 2 N–H and O–H groups in total. The Morgan fingerprint density at radius 1 is 0.824 bits per heavy atom. The number of ether oxygens (including phenoxy) is 3. The lowest BCUT2D eigenvalue weighted by Crippen LogP contribution is -2.17. The van der Waals surface area contributed by atoms with E-state index in [0.717, 1.165) is 16.8 Å². The zero-order chi connectivity index (χ0) is 24.1. The fourth-order valence-electron chi connectivity index (χ4n) is 3.36. The topological polar surface area (TPSA) is 81.3 Å².